The Morgan fingerprint density at radius 3 is 2.53 bits per heavy atom. The molecule has 0 saturated carbocycles. The lowest BCUT2D eigenvalue weighted by Crippen LogP contribution is -2.30. The van der Waals surface area contributed by atoms with Gasteiger partial charge in [0.15, 0.2) is 5.78 Å². The molecule has 38 heavy (non-hydrogen) atoms. The van der Waals surface area contributed by atoms with Crippen LogP contribution in [-0.2, 0) is 11.3 Å². The number of amides is 1. The molecule has 3 N–H and O–H groups in total. The van der Waals surface area contributed by atoms with Crippen LogP contribution in [0.2, 0.25) is 0 Å². The molecule has 0 saturated heterocycles. The fourth-order valence-corrected chi connectivity index (χ4v) is 4.12. The Kier molecular flexibility index (Phi) is 8.89. The van der Waals surface area contributed by atoms with Crippen molar-refractivity contribution in [2.45, 2.75) is 13.5 Å². The monoisotopic (exact) mass is 511 g/mol. The Balaban J connectivity index is 1.29. The maximum atomic E-state index is 12.8. The van der Waals surface area contributed by atoms with Crippen LogP contribution in [-0.4, -0.2) is 50.5 Å². The number of carbonyl (C=O) groups excluding carboxylic acids is 2. The van der Waals surface area contributed by atoms with Crippen LogP contribution in [0.1, 0.15) is 23.0 Å². The van der Waals surface area contributed by atoms with Gasteiger partial charge in [-0.3, -0.25) is 14.6 Å². The number of hydrogen-bond donors (Lipinski definition) is 3. The van der Waals surface area contributed by atoms with E-state index in [0.29, 0.717) is 30.1 Å². The molecule has 0 atom stereocenters. The molecule has 4 rings (SSSR count). The van der Waals surface area contributed by atoms with E-state index >= 15 is 0 Å². The van der Waals surface area contributed by atoms with Gasteiger partial charge in [0.1, 0.15) is 5.75 Å². The predicted molar refractivity (Wildman–Crippen MR) is 153 cm³/mol. The number of ether oxygens (including phenoxy) is 1. The summed E-state index contributed by atoms with van der Waals surface area (Å²) in [6.45, 7) is 3.92. The zero-order valence-corrected chi connectivity index (χ0v) is 22.0. The van der Waals surface area contributed by atoms with Gasteiger partial charge in [0.25, 0.3) is 0 Å². The van der Waals surface area contributed by atoms with Crippen molar-refractivity contribution in [1.29, 1.82) is 0 Å². The number of fused-ring (bicyclic) bond motifs is 1. The van der Waals surface area contributed by atoms with E-state index in [1.54, 1.807) is 20.2 Å². The average molecular weight is 512 g/mol. The van der Waals surface area contributed by atoms with E-state index in [1.165, 1.54) is 0 Å². The number of benzene rings is 3. The van der Waals surface area contributed by atoms with Crippen LogP contribution >= 0.6 is 0 Å². The topological polar surface area (TPSA) is 95.6 Å². The molecule has 0 aliphatic heterocycles. The van der Waals surface area contributed by atoms with Crippen LogP contribution in [0.4, 0.5) is 17.1 Å². The highest BCUT2D eigenvalue weighted by Crippen LogP contribution is 2.28. The zero-order chi connectivity index (χ0) is 26.9. The number of pyridine rings is 1. The normalized spacial score (nSPS) is 10.7. The second kappa shape index (κ2) is 12.7. The molecule has 0 bridgehead atoms. The molecule has 4 aromatic rings. The first-order valence-electron chi connectivity index (χ1n) is 12.5. The lowest BCUT2D eigenvalue weighted by Gasteiger charge is -2.20. The van der Waals surface area contributed by atoms with Crippen LogP contribution in [0, 0.1) is 0 Å². The largest absolute Gasteiger partial charge is 0.495 e. The molecule has 3 aromatic carbocycles. The van der Waals surface area contributed by atoms with Gasteiger partial charge in [0.05, 0.1) is 25.0 Å². The van der Waals surface area contributed by atoms with Gasteiger partial charge in [-0.05, 0) is 60.2 Å². The molecule has 0 spiro atoms. The molecule has 0 radical (unpaired) electrons. The van der Waals surface area contributed by atoms with Gasteiger partial charge in [-0.15, -0.1) is 0 Å². The Morgan fingerprint density at radius 1 is 0.947 bits per heavy atom. The van der Waals surface area contributed by atoms with E-state index in [4.69, 9.17) is 4.74 Å². The summed E-state index contributed by atoms with van der Waals surface area (Å²) in [5.41, 5.74) is 4.12. The minimum absolute atomic E-state index is 0.0406. The van der Waals surface area contributed by atoms with Crippen LogP contribution in [0.5, 0.6) is 5.75 Å². The second-order valence-corrected chi connectivity index (χ2v) is 9.05. The van der Waals surface area contributed by atoms with E-state index in [2.05, 4.69) is 20.9 Å². The molecule has 0 aliphatic carbocycles. The van der Waals surface area contributed by atoms with Gasteiger partial charge in [-0.25, -0.2) is 0 Å². The summed E-state index contributed by atoms with van der Waals surface area (Å²) in [6.07, 6.45) is 1.79. The van der Waals surface area contributed by atoms with Crippen molar-refractivity contribution in [2.75, 3.05) is 49.3 Å². The standard InChI is InChI=1S/C30H33N5O3/c1-21(36)22-7-8-24-17-27(11-9-23(24)16-22)35(2)20-30(37)34-25-10-12-28(29(18-25)38-3)33-15-14-31-19-26-6-4-5-13-32-26/h4-13,16-18,31,33H,14-15,19-20H2,1-3H3,(H,34,37). The number of nitrogens with zero attached hydrogens (tertiary/aromatic N) is 2. The summed E-state index contributed by atoms with van der Waals surface area (Å²) >= 11 is 0. The summed E-state index contributed by atoms with van der Waals surface area (Å²) < 4.78 is 5.53. The summed E-state index contributed by atoms with van der Waals surface area (Å²) in [7, 11) is 3.48. The zero-order valence-electron chi connectivity index (χ0n) is 22.0. The van der Waals surface area contributed by atoms with Crippen molar-refractivity contribution in [3.05, 3.63) is 90.3 Å². The first kappa shape index (κ1) is 26.6. The van der Waals surface area contributed by atoms with Gasteiger partial charge in [-0.2, -0.15) is 0 Å². The quantitative estimate of drug-likeness (QED) is 0.187. The van der Waals surface area contributed by atoms with E-state index in [9.17, 15) is 9.59 Å². The van der Waals surface area contributed by atoms with E-state index in [0.717, 1.165) is 34.4 Å². The summed E-state index contributed by atoms with van der Waals surface area (Å²) in [5, 5.41) is 11.7. The number of aromatic nitrogens is 1. The van der Waals surface area contributed by atoms with Crippen molar-refractivity contribution >= 4 is 39.5 Å². The molecule has 196 valence electrons. The highest BCUT2D eigenvalue weighted by Gasteiger charge is 2.11. The average Bonchev–Trinajstić information content (AvgIpc) is 2.93. The van der Waals surface area contributed by atoms with Gasteiger partial charge in [0.2, 0.25) is 5.91 Å². The van der Waals surface area contributed by atoms with Crippen molar-refractivity contribution < 1.29 is 14.3 Å². The first-order chi connectivity index (χ1) is 18.4. The van der Waals surface area contributed by atoms with Crippen molar-refractivity contribution in [2.24, 2.45) is 0 Å². The van der Waals surface area contributed by atoms with E-state index in [-0.39, 0.29) is 18.2 Å². The van der Waals surface area contributed by atoms with Crippen LogP contribution in [0.25, 0.3) is 10.8 Å². The van der Waals surface area contributed by atoms with Crippen LogP contribution in [0.15, 0.2) is 79.0 Å². The number of ketones is 1. The number of nitrogens with one attached hydrogen (secondary N) is 3. The fraction of sp³-hybridized carbons (Fsp3) is 0.233. The molecule has 1 heterocycles. The Morgan fingerprint density at radius 2 is 1.76 bits per heavy atom. The summed E-state index contributed by atoms with van der Waals surface area (Å²) in [4.78, 5) is 30.6. The molecule has 1 amide bonds. The van der Waals surface area contributed by atoms with Crippen molar-refractivity contribution in [3.63, 3.8) is 0 Å². The van der Waals surface area contributed by atoms with Crippen molar-refractivity contribution in [3.8, 4) is 5.75 Å². The number of likely N-dealkylation sites (N-methyl/N-ethyl adjacent to an activating group) is 1. The van der Waals surface area contributed by atoms with Gasteiger partial charge >= 0.3 is 0 Å². The number of rotatable bonds is 12. The second-order valence-electron chi connectivity index (χ2n) is 9.05. The third kappa shape index (κ3) is 7.08. The maximum Gasteiger partial charge on any atom is 0.243 e. The van der Waals surface area contributed by atoms with Crippen molar-refractivity contribution in [1.82, 2.24) is 10.3 Å². The smallest absolute Gasteiger partial charge is 0.243 e. The summed E-state index contributed by atoms with van der Waals surface area (Å²) in [5.74, 6) is 0.556. The maximum absolute atomic E-state index is 12.8. The number of hydrogen-bond acceptors (Lipinski definition) is 7. The van der Waals surface area contributed by atoms with E-state index in [1.807, 2.05) is 84.7 Å². The molecular formula is C30H33N5O3. The summed E-state index contributed by atoms with van der Waals surface area (Å²) in [6, 6.07) is 23.0. The van der Waals surface area contributed by atoms with Gasteiger partial charge in [-0.1, -0.05) is 24.3 Å². The van der Waals surface area contributed by atoms with Crippen LogP contribution < -0.4 is 25.6 Å². The Bertz CT molecular complexity index is 1410. The number of anilines is 3. The third-order valence-electron chi connectivity index (χ3n) is 6.19. The highest BCUT2D eigenvalue weighted by molar-refractivity contribution is 5.99. The van der Waals surface area contributed by atoms with Crippen LogP contribution in [0.3, 0.4) is 0 Å². The number of methoxy groups -OCH3 is 1. The minimum atomic E-state index is -0.138. The third-order valence-corrected chi connectivity index (χ3v) is 6.19. The molecule has 8 nitrogen and oxygen atoms in total. The fourth-order valence-electron chi connectivity index (χ4n) is 4.12. The SMILES string of the molecule is COc1cc(NC(=O)CN(C)c2ccc3cc(C(C)=O)ccc3c2)ccc1NCCNCc1ccccn1. The molecule has 8 heteroatoms. The lowest BCUT2D eigenvalue weighted by atomic mass is 10.0. The minimum Gasteiger partial charge on any atom is -0.495 e. The molecule has 0 aliphatic rings. The van der Waals surface area contributed by atoms with Gasteiger partial charge in [0, 0.05) is 55.9 Å². The molecule has 1 aromatic heterocycles. The Hall–Kier alpha value is -4.43. The predicted octanol–water partition coefficient (Wildman–Crippen LogP) is 4.72. The molecule has 0 unspecified atom stereocenters. The molecule has 0 fully saturated rings. The van der Waals surface area contributed by atoms with E-state index < -0.39 is 0 Å². The lowest BCUT2D eigenvalue weighted by molar-refractivity contribution is -0.114. The Labute approximate surface area is 223 Å². The number of carbonyl (C=O) groups is 2. The first-order valence-corrected chi connectivity index (χ1v) is 12.5. The molecular weight excluding hydrogens is 478 g/mol. The highest BCUT2D eigenvalue weighted by atomic mass is 16.5. The van der Waals surface area contributed by atoms with Gasteiger partial charge < -0.3 is 25.6 Å². The number of Topliss-reactive ketones (excluding diaryl/α,β-unsaturated/α-hetero) is 1.